The fourth-order valence-corrected chi connectivity index (χ4v) is 2.59. The number of imide groups is 1. The quantitative estimate of drug-likeness (QED) is 0.701. The van der Waals surface area contributed by atoms with Crippen molar-refractivity contribution < 1.29 is 24.3 Å². The molecule has 0 aliphatic carbocycles. The highest BCUT2D eigenvalue weighted by molar-refractivity contribution is 6.21. The van der Waals surface area contributed by atoms with Crippen molar-refractivity contribution in [2.24, 2.45) is 0 Å². The van der Waals surface area contributed by atoms with Crippen molar-refractivity contribution in [2.45, 2.75) is 38.6 Å². The first kappa shape index (κ1) is 17.7. The number of nitrogens with zero attached hydrogens (tertiary/aromatic N) is 1. The van der Waals surface area contributed by atoms with Crippen molar-refractivity contribution in [3.63, 3.8) is 0 Å². The molecule has 1 aliphatic rings. The van der Waals surface area contributed by atoms with Gasteiger partial charge in [-0.1, -0.05) is 31.9 Å². The number of carbonyl (C=O) groups excluding carboxylic acids is 3. The Balaban J connectivity index is 1.92. The van der Waals surface area contributed by atoms with Gasteiger partial charge in [-0.2, -0.15) is 0 Å². The van der Waals surface area contributed by atoms with Crippen LogP contribution in [0.15, 0.2) is 24.3 Å². The maximum absolute atomic E-state index is 12.2. The van der Waals surface area contributed by atoms with Crippen LogP contribution >= 0.6 is 0 Å². The molecule has 1 unspecified atom stereocenters. The number of fused-ring (bicyclic) bond motifs is 1. The van der Waals surface area contributed by atoms with Crippen molar-refractivity contribution >= 4 is 23.7 Å². The number of nitrogens with one attached hydrogen (secondary N) is 1. The Morgan fingerprint density at radius 3 is 2.25 bits per heavy atom. The minimum atomic E-state index is -1.09. The van der Waals surface area contributed by atoms with E-state index in [-0.39, 0.29) is 13.0 Å². The molecule has 7 heteroatoms. The van der Waals surface area contributed by atoms with E-state index in [0.29, 0.717) is 24.0 Å². The summed E-state index contributed by atoms with van der Waals surface area (Å²) in [6, 6.07) is 5.54. The molecular formula is C17H20N2O5. The molecule has 1 atom stereocenters. The molecule has 0 saturated heterocycles. The molecular weight excluding hydrogens is 312 g/mol. The second-order valence-corrected chi connectivity index (χ2v) is 5.66. The van der Waals surface area contributed by atoms with E-state index < -0.39 is 29.7 Å². The largest absolute Gasteiger partial charge is 0.480 e. The zero-order valence-corrected chi connectivity index (χ0v) is 13.4. The molecule has 128 valence electrons. The van der Waals surface area contributed by atoms with Crippen LogP contribution in [0.25, 0.3) is 0 Å². The predicted molar refractivity (Wildman–Crippen MR) is 85.5 cm³/mol. The Morgan fingerprint density at radius 1 is 1.17 bits per heavy atom. The molecule has 0 spiro atoms. The first-order valence-electron chi connectivity index (χ1n) is 7.93. The van der Waals surface area contributed by atoms with Gasteiger partial charge in [-0.3, -0.25) is 19.3 Å². The summed E-state index contributed by atoms with van der Waals surface area (Å²) in [6.45, 7) is 1.86. The summed E-state index contributed by atoms with van der Waals surface area (Å²) in [5.41, 5.74) is 0.656. The molecule has 24 heavy (non-hydrogen) atoms. The van der Waals surface area contributed by atoms with E-state index >= 15 is 0 Å². The third kappa shape index (κ3) is 3.79. The van der Waals surface area contributed by atoms with Crippen LogP contribution in [0.2, 0.25) is 0 Å². The van der Waals surface area contributed by atoms with E-state index in [4.69, 9.17) is 5.11 Å². The van der Waals surface area contributed by atoms with E-state index in [2.05, 4.69) is 5.32 Å². The summed E-state index contributed by atoms with van der Waals surface area (Å²) in [4.78, 5) is 48.4. The zero-order valence-electron chi connectivity index (χ0n) is 13.4. The van der Waals surface area contributed by atoms with Crippen molar-refractivity contribution in [3.05, 3.63) is 35.4 Å². The first-order chi connectivity index (χ1) is 11.5. The van der Waals surface area contributed by atoms with E-state index in [1.54, 1.807) is 24.3 Å². The molecule has 1 aromatic carbocycles. The lowest BCUT2D eigenvalue weighted by atomic mass is 10.1. The van der Waals surface area contributed by atoms with E-state index in [9.17, 15) is 19.2 Å². The number of carboxylic acids is 1. The third-order valence-electron chi connectivity index (χ3n) is 3.92. The number of benzene rings is 1. The molecule has 0 saturated carbocycles. The SMILES string of the molecule is CCCCC(NC(=O)CCN1C(=O)c2ccccc2C1=O)C(=O)O. The van der Waals surface area contributed by atoms with Gasteiger partial charge in [0.2, 0.25) is 5.91 Å². The van der Waals surface area contributed by atoms with Gasteiger partial charge in [-0.15, -0.1) is 0 Å². The van der Waals surface area contributed by atoms with Crippen LogP contribution in [0.4, 0.5) is 0 Å². The number of unbranched alkanes of at least 4 members (excludes halogenated alkanes) is 1. The smallest absolute Gasteiger partial charge is 0.326 e. The molecule has 1 aliphatic heterocycles. The van der Waals surface area contributed by atoms with Crippen LogP contribution in [-0.2, 0) is 9.59 Å². The Morgan fingerprint density at radius 2 is 1.75 bits per heavy atom. The standard InChI is InChI=1S/C17H20N2O5/c1-2-3-8-13(17(23)24)18-14(20)9-10-19-15(21)11-6-4-5-7-12(11)16(19)22/h4-7,13H,2-3,8-10H2,1H3,(H,18,20)(H,23,24). The van der Waals surface area contributed by atoms with Gasteiger partial charge < -0.3 is 10.4 Å². The predicted octanol–water partition coefficient (Wildman–Crippen LogP) is 1.43. The Hall–Kier alpha value is -2.70. The van der Waals surface area contributed by atoms with Gasteiger partial charge in [0.15, 0.2) is 0 Å². The van der Waals surface area contributed by atoms with Gasteiger partial charge in [-0.25, -0.2) is 4.79 Å². The van der Waals surface area contributed by atoms with Crippen molar-refractivity contribution in [3.8, 4) is 0 Å². The molecule has 7 nitrogen and oxygen atoms in total. The highest BCUT2D eigenvalue weighted by Crippen LogP contribution is 2.22. The lowest BCUT2D eigenvalue weighted by Gasteiger charge is -2.16. The molecule has 0 fully saturated rings. The van der Waals surface area contributed by atoms with E-state index in [0.717, 1.165) is 11.3 Å². The normalized spacial score (nSPS) is 14.5. The van der Waals surface area contributed by atoms with Gasteiger partial charge in [0, 0.05) is 13.0 Å². The monoisotopic (exact) mass is 332 g/mol. The number of aliphatic carboxylic acids is 1. The Kier molecular flexibility index (Phi) is 5.68. The molecule has 0 aromatic heterocycles. The van der Waals surface area contributed by atoms with E-state index in [1.807, 2.05) is 6.92 Å². The second-order valence-electron chi connectivity index (χ2n) is 5.66. The van der Waals surface area contributed by atoms with Gasteiger partial charge in [0.05, 0.1) is 11.1 Å². The second kappa shape index (κ2) is 7.72. The molecule has 1 heterocycles. The van der Waals surface area contributed by atoms with Crippen LogP contribution in [0, 0.1) is 0 Å². The number of carboxylic acid groups (broad SMARTS) is 1. The van der Waals surface area contributed by atoms with Crippen molar-refractivity contribution in [1.29, 1.82) is 0 Å². The zero-order chi connectivity index (χ0) is 17.7. The highest BCUT2D eigenvalue weighted by atomic mass is 16.4. The molecule has 0 radical (unpaired) electrons. The third-order valence-corrected chi connectivity index (χ3v) is 3.92. The van der Waals surface area contributed by atoms with Gasteiger partial charge in [-0.05, 0) is 18.6 Å². The lowest BCUT2D eigenvalue weighted by molar-refractivity contribution is -0.142. The van der Waals surface area contributed by atoms with Gasteiger partial charge >= 0.3 is 5.97 Å². The molecule has 2 rings (SSSR count). The molecule has 2 N–H and O–H groups in total. The van der Waals surface area contributed by atoms with Crippen LogP contribution in [0.5, 0.6) is 0 Å². The topological polar surface area (TPSA) is 104 Å². The fourth-order valence-electron chi connectivity index (χ4n) is 2.59. The van der Waals surface area contributed by atoms with Gasteiger partial charge in [0.25, 0.3) is 11.8 Å². The van der Waals surface area contributed by atoms with E-state index in [1.165, 1.54) is 0 Å². The minimum absolute atomic E-state index is 0.0711. The van der Waals surface area contributed by atoms with Gasteiger partial charge in [0.1, 0.15) is 6.04 Å². The molecule has 1 aromatic rings. The highest BCUT2D eigenvalue weighted by Gasteiger charge is 2.35. The van der Waals surface area contributed by atoms with Crippen LogP contribution in [0.1, 0.15) is 53.3 Å². The first-order valence-corrected chi connectivity index (χ1v) is 7.93. The van der Waals surface area contributed by atoms with Crippen LogP contribution in [0.3, 0.4) is 0 Å². The lowest BCUT2D eigenvalue weighted by Crippen LogP contribution is -2.42. The number of rotatable bonds is 8. The molecule has 3 amide bonds. The summed E-state index contributed by atoms with van der Waals surface area (Å²) in [6.07, 6.45) is 1.75. The summed E-state index contributed by atoms with van der Waals surface area (Å²) < 4.78 is 0. The minimum Gasteiger partial charge on any atom is -0.480 e. The number of hydrogen-bond donors (Lipinski definition) is 2. The fraction of sp³-hybridized carbons (Fsp3) is 0.412. The summed E-state index contributed by atoms with van der Waals surface area (Å²) in [5, 5.41) is 11.5. The van der Waals surface area contributed by atoms with Crippen molar-refractivity contribution in [2.75, 3.05) is 6.54 Å². The summed E-state index contributed by atoms with van der Waals surface area (Å²) in [5.74, 6) is -2.43. The Bertz CT molecular complexity index is 636. The van der Waals surface area contributed by atoms with Crippen LogP contribution in [-0.4, -0.2) is 46.3 Å². The summed E-state index contributed by atoms with van der Waals surface area (Å²) in [7, 11) is 0. The average molecular weight is 332 g/mol. The van der Waals surface area contributed by atoms with Crippen molar-refractivity contribution in [1.82, 2.24) is 10.2 Å². The number of carbonyl (C=O) groups is 4. The summed E-state index contributed by atoms with van der Waals surface area (Å²) >= 11 is 0. The maximum atomic E-state index is 12.2. The number of amides is 3. The van der Waals surface area contributed by atoms with Crippen LogP contribution < -0.4 is 5.32 Å². The maximum Gasteiger partial charge on any atom is 0.326 e. The molecule has 0 bridgehead atoms. The number of hydrogen-bond acceptors (Lipinski definition) is 4. The average Bonchev–Trinajstić information content (AvgIpc) is 2.81. The Labute approximate surface area is 139 Å².